The van der Waals surface area contributed by atoms with Gasteiger partial charge in [0.15, 0.2) is 5.00 Å². The van der Waals surface area contributed by atoms with Crippen LogP contribution < -0.4 is 10.5 Å². The van der Waals surface area contributed by atoms with Crippen molar-refractivity contribution in [3.63, 3.8) is 0 Å². The van der Waals surface area contributed by atoms with Crippen molar-refractivity contribution >= 4 is 32.0 Å². The molecule has 0 saturated carbocycles. The van der Waals surface area contributed by atoms with Crippen molar-refractivity contribution in [1.29, 1.82) is 0 Å². The number of imidazole rings is 1. The zero-order valence-electron chi connectivity index (χ0n) is 9.36. The van der Waals surface area contributed by atoms with E-state index in [0.717, 1.165) is 6.07 Å². The summed E-state index contributed by atoms with van der Waals surface area (Å²) in [6, 6.07) is 0.935. The Bertz CT molecular complexity index is 691. The van der Waals surface area contributed by atoms with E-state index in [1.54, 1.807) is 6.20 Å². The molecule has 11 heteroatoms. The summed E-state index contributed by atoms with van der Waals surface area (Å²) in [6.45, 7) is -0.0407. The monoisotopic (exact) mass is 303 g/mol. The molecule has 0 radical (unpaired) electrons. The van der Waals surface area contributed by atoms with Crippen LogP contribution >= 0.6 is 11.3 Å². The summed E-state index contributed by atoms with van der Waals surface area (Å²) < 4.78 is 25.9. The molecule has 2 aromatic rings. The van der Waals surface area contributed by atoms with E-state index in [1.807, 2.05) is 0 Å². The zero-order valence-corrected chi connectivity index (χ0v) is 11.0. The Morgan fingerprint density at radius 2 is 2.32 bits per heavy atom. The SMILES string of the molecule is Nc1sc(S(=O)(=O)NCc2ncc[nH]2)cc1[N+](=O)[O-]. The number of hydrogen-bond acceptors (Lipinski definition) is 7. The minimum absolute atomic E-state index is 0.0407. The molecule has 0 aromatic carbocycles. The van der Waals surface area contributed by atoms with Gasteiger partial charge in [0.2, 0.25) is 0 Å². The number of nitrogens with one attached hydrogen (secondary N) is 2. The Labute approximate surface area is 111 Å². The van der Waals surface area contributed by atoms with Gasteiger partial charge in [-0.2, -0.15) is 0 Å². The number of anilines is 1. The Kier molecular flexibility index (Phi) is 3.50. The van der Waals surface area contributed by atoms with Crippen LogP contribution in [0.3, 0.4) is 0 Å². The van der Waals surface area contributed by atoms with Crippen LogP contribution in [0.1, 0.15) is 5.82 Å². The standard InChI is InChI=1S/C8H9N5O4S2/c9-8-5(13(14)15)3-7(18-8)19(16,17)12-4-6-10-1-2-11-6/h1-3,12H,4,9H2,(H,10,11). The highest BCUT2D eigenvalue weighted by molar-refractivity contribution is 7.91. The molecule has 0 bridgehead atoms. The van der Waals surface area contributed by atoms with Crippen molar-refractivity contribution in [3.8, 4) is 0 Å². The topological polar surface area (TPSA) is 144 Å². The Morgan fingerprint density at radius 1 is 1.58 bits per heavy atom. The quantitative estimate of drug-likeness (QED) is 0.540. The number of aromatic amines is 1. The van der Waals surface area contributed by atoms with Gasteiger partial charge in [-0.1, -0.05) is 11.3 Å². The van der Waals surface area contributed by atoms with Gasteiger partial charge in [0, 0.05) is 18.5 Å². The van der Waals surface area contributed by atoms with Crippen LogP contribution in [-0.2, 0) is 16.6 Å². The molecule has 2 heterocycles. The Balaban J connectivity index is 2.20. The predicted molar refractivity (Wildman–Crippen MR) is 68.0 cm³/mol. The van der Waals surface area contributed by atoms with Crippen molar-refractivity contribution in [1.82, 2.24) is 14.7 Å². The number of nitrogens with two attached hydrogens (primary N) is 1. The summed E-state index contributed by atoms with van der Waals surface area (Å²) in [5.74, 6) is 0.433. The number of hydrogen-bond donors (Lipinski definition) is 3. The number of thiophene rings is 1. The van der Waals surface area contributed by atoms with Gasteiger partial charge in [0.1, 0.15) is 10.0 Å². The number of rotatable bonds is 5. The van der Waals surface area contributed by atoms with E-state index in [1.165, 1.54) is 6.20 Å². The third-order valence-electron chi connectivity index (χ3n) is 2.16. The predicted octanol–water partition coefficient (Wildman–Crippen LogP) is 0.440. The van der Waals surface area contributed by atoms with Gasteiger partial charge in [0.05, 0.1) is 11.5 Å². The molecule has 0 aliphatic rings. The number of aromatic nitrogens is 2. The molecule has 102 valence electrons. The van der Waals surface area contributed by atoms with Crippen LogP contribution in [0, 0.1) is 10.1 Å². The zero-order chi connectivity index (χ0) is 14.0. The molecule has 0 fully saturated rings. The second kappa shape index (κ2) is 4.95. The fourth-order valence-corrected chi connectivity index (χ4v) is 3.52. The van der Waals surface area contributed by atoms with Gasteiger partial charge in [-0.25, -0.2) is 18.1 Å². The Morgan fingerprint density at radius 3 is 2.84 bits per heavy atom. The molecule has 4 N–H and O–H groups in total. The van der Waals surface area contributed by atoms with Crippen molar-refractivity contribution in [2.24, 2.45) is 0 Å². The highest BCUT2D eigenvalue weighted by atomic mass is 32.2. The van der Waals surface area contributed by atoms with Crippen LogP contribution in [0.2, 0.25) is 0 Å². The van der Waals surface area contributed by atoms with Gasteiger partial charge in [-0.3, -0.25) is 10.1 Å². The first-order valence-electron chi connectivity index (χ1n) is 4.92. The number of nitrogen functional groups attached to an aromatic ring is 1. The molecule has 0 aliphatic carbocycles. The van der Waals surface area contributed by atoms with Crippen molar-refractivity contribution in [3.05, 3.63) is 34.4 Å². The lowest BCUT2D eigenvalue weighted by atomic mass is 10.5. The second-order valence-electron chi connectivity index (χ2n) is 3.43. The highest BCUT2D eigenvalue weighted by Gasteiger charge is 2.24. The summed E-state index contributed by atoms with van der Waals surface area (Å²) in [7, 11) is -3.85. The van der Waals surface area contributed by atoms with E-state index in [0.29, 0.717) is 17.2 Å². The molecular formula is C8H9N5O4S2. The Hall–Kier alpha value is -1.98. The van der Waals surface area contributed by atoms with Gasteiger partial charge in [0.25, 0.3) is 10.0 Å². The molecule has 0 saturated heterocycles. The molecule has 0 atom stereocenters. The lowest BCUT2D eigenvalue weighted by Crippen LogP contribution is -2.22. The second-order valence-corrected chi connectivity index (χ2v) is 6.51. The van der Waals surface area contributed by atoms with E-state index in [-0.39, 0.29) is 15.8 Å². The normalized spacial score (nSPS) is 11.6. The average Bonchev–Trinajstić information content (AvgIpc) is 2.95. The van der Waals surface area contributed by atoms with E-state index < -0.39 is 20.6 Å². The van der Waals surface area contributed by atoms with Gasteiger partial charge in [-0.05, 0) is 0 Å². The third kappa shape index (κ3) is 2.89. The maximum Gasteiger partial charge on any atom is 0.304 e. The molecule has 2 aromatic heterocycles. The van der Waals surface area contributed by atoms with E-state index in [2.05, 4.69) is 14.7 Å². The van der Waals surface area contributed by atoms with E-state index >= 15 is 0 Å². The van der Waals surface area contributed by atoms with E-state index in [9.17, 15) is 18.5 Å². The lowest BCUT2D eigenvalue weighted by molar-refractivity contribution is -0.383. The van der Waals surface area contributed by atoms with Crippen LogP contribution in [0.5, 0.6) is 0 Å². The fourth-order valence-electron chi connectivity index (χ4n) is 1.28. The molecule has 9 nitrogen and oxygen atoms in total. The third-order valence-corrected chi connectivity index (χ3v) is 4.99. The minimum atomic E-state index is -3.85. The fraction of sp³-hybridized carbons (Fsp3) is 0.125. The van der Waals surface area contributed by atoms with Gasteiger partial charge < -0.3 is 10.7 Å². The maximum absolute atomic E-state index is 11.9. The number of nitrogens with zero attached hydrogens (tertiary/aromatic N) is 2. The summed E-state index contributed by atoms with van der Waals surface area (Å²) in [5.41, 5.74) is 4.98. The first kappa shape index (κ1) is 13.5. The first-order valence-corrected chi connectivity index (χ1v) is 7.22. The molecule has 2 rings (SSSR count). The largest absolute Gasteiger partial charge is 0.385 e. The first-order chi connectivity index (χ1) is 8.90. The highest BCUT2D eigenvalue weighted by Crippen LogP contribution is 2.34. The molecule has 0 amide bonds. The number of H-pyrrole nitrogens is 1. The minimum Gasteiger partial charge on any atom is -0.385 e. The van der Waals surface area contributed by atoms with Gasteiger partial charge >= 0.3 is 5.69 Å². The molecule has 19 heavy (non-hydrogen) atoms. The van der Waals surface area contributed by atoms with Crippen LogP contribution in [-0.4, -0.2) is 23.3 Å². The smallest absolute Gasteiger partial charge is 0.304 e. The van der Waals surface area contributed by atoms with Crippen molar-refractivity contribution < 1.29 is 13.3 Å². The molecule has 0 unspecified atom stereocenters. The van der Waals surface area contributed by atoms with E-state index in [4.69, 9.17) is 5.73 Å². The molecular weight excluding hydrogens is 294 g/mol. The number of sulfonamides is 1. The maximum atomic E-state index is 11.9. The van der Waals surface area contributed by atoms with Gasteiger partial charge in [-0.15, -0.1) is 0 Å². The molecule has 0 spiro atoms. The summed E-state index contributed by atoms with van der Waals surface area (Å²) in [4.78, 5) is 16.5. The van der Waals surface area contributed by atoms with Crippen LogP contribution in [0.4, 0.5) is 10.7 Å². The van der Waals surface area contributed by atoms with Crippen molar-refractivity contribution in [2.75, 3.05) is 5.73 Å². The lowest BCUT2D eigenvalue weighted by Gasteiger charge is -2.01. The number of nitro groups is 1. The summed E-state index contributed by atoms with van der Waals surface area (Å²) in [5, 5.41) is 10.5. The average molecular weight is 303 g/mol. The molecule has 0 aliphatic heterocycles. The van der Waals surface area contributed by atoms with Crippen LogP contribution in [0.25, 0.3) is 0 Å². The summed E-state index contributed by atoms with van der Waals surface area (Å²) >= 11 is 0.642. The van der Waals surface area contributed by atoms with Crippen LogP contribution in [0.15, 0.2) is 22.7 Å². The van der Waals surface area contributed by atoms with Crippen molar-refractivity contribution in [2.45, 2.75) is 10.8 Å². The summed E-state index contributed by atoms with van der Waals surface area (Å²) in [6.07, 6.45) is 3.04.